The summed E-state index contributed by atoms with van der Waals surface area (Å²) in [5, 5.41) is 5.90. The molecule has 0 fully saturated rings. The number of methoxy groups -OCH3 is 1. The zero-order valence-electron chi connectivity index (χ0n) is 15.8. The maximum absolute atomic E-state index is 13.7. The molecule has 0 atom stereocenters. The summed E-state index contributed by atoms with van der Waals surface area (Å²) in [6.07, 6.45) is 2.05. The van der Waals surface area contributed by atoms with Crippen molar-refractivity contribution in [1.29, 1.82) is 0 Å². The summed E-state index contributed by atoms with van der Waals surface area (Å²) in [4.78, 5) is 28.0. The summed E-state index contributed by atoms with van der Waals surface area (Å²) in [6.45, 7) is 0.515. The minimum Gasteiger partial charge on any atom is -0.465 e. The lowest BCUT2D eigenvalue weighted by Gasteiger charge is -2.09. The second-order valence-corrected chi connectivity index (χ2v) is 6.22. The molecule has 0 unspecified atom stereocenters. The molecule has 6 nitrogen and oxygen atoms in total. The fraction of sp³-hybridized carbons (Fsp3) is 0.136. The first-order chi connectivity index (χ1) is 14.1. The average molecular weight is 393 g/mol. The van der Waals surface area contributed by atoms with Crippen LogP contribution < -0.4 is 10.6 Å². The average Bonchev–Trinajstić information content (AvgIpc) is 2.75. The summed E-state index contributed by atoms with van der Waals surface area (Å²) >= 11 is 0. The third-order valence-corrected chi connectivity index (χ3v) is 4.24. The van der Waals surface area contributed by atoms with Crippen molar-refractivity contribution in [1.82, 2.24) is 4.98 Å². The second-order valence-electron chi connectivity index (χ2n) is 6.22. The van der Waals surface area contributed by atoms with Crippen LogP contribution in [0.4, 0.5) is 15.8 Å². The third-order valence-electron chi connectivity index (χ3n) is 4.24. The number of nitrogens with one attached hydrogen (secondary N) is 2. The molecular formula is C22H20FN3O3. The molecule has 7 heteroatoms. The van der Waals surface area contributed by atoms with Gasteiger partial charge in [0.05, 0.1) is 12.7 Å². The first-order valence-corrected chi connectivity index (χ1v) is 9.00. The largest absolute Gasteiger partial charge is 0.465 e. The number of aromatic nitrogens is 1. The van der Waals surface area contributed by atoms with E-state index in [4.69, 9.17) is 0 Å². The molecular weight excluding hydrogens is 373 g/mol. The van der Waals surface area contributed by atoms with Crippen LogP contribution in [-0.4, -0.2) is 30.5 Å². The van der Waals surface area contributed by atoms with Gasteiger partial charge >= 0.3 is 5.97 Å². The molecule has 0 aliphatic heterocycles. The van der Waals surface area contributed by atoms with E-state index in [1.165, 1.54) is 19.4 Å². The summed E-state index contributed by atoms with van der Waals surface area (Å²) < 4.78 is 18.3. The Balaban J connectivity index is 1.59. The molecule has 0 aliphatic carbocycles. The van der Waals surface area contributed by atoms with Crippen molar-refractivity contribution in [3.63, 3.8) is 0 Å². The Bertz CT molecular complexity index is 1010. The van der Waals surface area contributed by atoms with E-state index >= 15 is 0 Å². The zero-order valence-corrected chi connectivity index (χ0v) is 15.8. The molecule has 0 saturated carbocycles. The van der Waals surface area contributed by atoms with Crippen LogP contribution in [0.25, 0.3) is 0 Å². The number of amides is 1. The molecule has 3 aromatic rings. The number of carbonyl (C=O) groups excluding carboxylic acids is 2. The number of pyridine rings is 1. The predicted octanol–water partition coefficient (Wildman–Crippen LogP) is 3.91. The normalized spacial score (nSPS) is 10.3. The van der Waals surface area contributed by atoms with Gasteiger partial charge in [-0.1, -0.05) is 18.2 Å². The Morgan fingerprint density at radius 1 is 1.03 bits per heavy atom. The Morgan fingerprint density at radius 2 is 1.79 bits per heavy atom. The second kappa shape index (κ2) is 9.45. The lowest BCUT2D eigenvalue weighted by atomic mass is 10.1. The molecule has 2 aromatic carbocycles. The van der Waals surface area contributed by atoms with Gasteiger partial charge in [0.1, 0.15) is 11.5 Å². The molecule has 1 heterocycles. The highest BCUT2D eigenvalue weighted by Gasteiger charge is 2.10. The van der Waals surface area contributed by atoms with Gasteiger partial charge in [0.25, 0.3) is 5.91 Å². The third kappa shape index (κ3) is 5.38. The van der Waals surface area contributed by atoms with Crippen LogP contribution in [0.5, 0.6) is 0 Å². The van der Waals surface area contributed by atoms with E-state index < -0.39 is 5.97 Å². The van der Waals surface area contributed by atoms with Crippen molar-refractivity contribution < 1.29 is 18.7 Å². The van der Waals surface area contributed by atoms with Gasteiger partial charge in [0.2, 0.25) is 0 Å². The van der Waals surface area contributed by atoms with Crippen molar-refractivity contribution in [2.45, 2.75) is 6.42 Å². The van der Waals surface area contributed by atoms with Crippen molar-refractivity contribution in [3.05, 3.63) is 89.5 Å². The fourth-order valence-corrected chi connectivity index (χ4v) is 2.71. The van der Waals surface area contributed by atoms with Crippen LogP contribution in [0.2, 0.25) is 0 Å². The maximum Gasteiger partial charge on any atom is 0.337 e. The quantitative estimate of drug-likeness (QED) is 0.595. The molecule has 2 N–H and O–H groups in total. The van der Waals surface area contributed by atoms with E-state index in [-0.39, 0.29) is 17.4 Å². The molecule has 1 aromatic heterocycles. The van der Waals surface area contributed by atoms with E-state index in [0.717, 1.165) is 0 Å². The zero-order chi connectivity index (χ0) is 20.6. The molecule has 1 amide bonds. The van der Waals surface area contributed by atoms with Crippen molar-refractivity contribution >= 4 is 23.3 Å². The SMILES string of the molecule is COC(=O)c1ccc(NC(=O)c2cc(NCCc3ccccc3F)ccn2)cc1. The number of halogens is 1. The van der Waals surface area contributed by atoms with E-state index in [1.54, 1.807) is 54.6 Å². The van der Waals surface area contributed by atoms with Gasteiger partial charge in [-0.25, -0.2) is 9.18 Å². The Morgan fingerprint density at radius 3 is 2.52 bits per heavy atom. The minimum atomic E-state index is -0.446. The molecule has 0 radical (unpaired) electrons. The van der Waals surface area contributed by atoms with E-state index in [2.05, 4.69) is 20.4 Å². The van der Waals surface area contributed by atoms with Crippen LogP contribution in [0.1, 0.15) is 26.4 Å². The molecule has 0 spiro atoms. The van der Waals surface area contributed by atoms with Gasteiger partial charge in [-0.3, -0.25) is 9.78 Å². The summed E-state index contributed by atoms with van der Waals surface area (Å²) in [5.74, 6) is -1.06. The minimum absolute atomic E-state index is 0.234. The van der Waals surface area contributed by atoms with Crippen LogP contribution in [0.3, 0.4) is 0 Å². The van der Waals surface area contributed by atoms with E-state index in [1.807, 2.05) is 0 Å². The first kappa shape index (κ1) is 20.0. The van der Waals surface area contributed by atoms with Crippen molar-refractivity contribution in [3.8, 4) is 0 Å². The summed E-state index contributed by atoms with van der Waals surface area (Å²) in [5.41, 5.74) is 2.50. The van der Waals surface area contributed by atoms with Gasteiger partial charge in [-0.15, -0.1) is 0 Å². The Labute approximate surface area is 167 Å². The smallest absolute Gasteiger partial charge is 0.337 e. The lowest BCUT2D eigenvalue weighted by molar-refractivity contribution is 0.0600. The van der Waals surface area contributed by atoms with Crippen LogP contribution in [-0.2, 0) is 11.2 Å². The number of anilines is 2. The highest BCUT2D eigenvalue weighted by molar-refractivity contribution is 6.03. The van der Waals surface area contributed by atoms with Crippen LogP contribution >= 0.6 is 0 Å². The molecule has 3 rings (SSSR count). The maximum atomic E-state index is 13.7. The van der Waals surface area contributed by atoms with Gasteiger partial charge in [0, 0.05) is 24.1 Å². The molecule has 0 saturated heterocycles. The number of rotatable bonds is 7. The summed E-state index contributed by atoms with van der Waals surface area (Å²) in [7, 11) is 1.31. The van der Waals surface area contributed by atoms with Crippen LogP contribution in [0.15, 0.2) is 66.9 Å². The molecule has 148 valence electrons. The highest BCUT2D eigenvalue weighted by atomic mass is 19.1. The van der Waals surface area contributed by atoms with Crippen LogP contribution in [0, 0.1) is 5.82 Å². The van der Waals surface area contributed by atoms with Crippen molar-refractivity contribution in [2.75, 3.05) is 24.3 Å². The van der Waals surface area contributed by atoms with Gasteiger partial charge < -0.3 is 15.4 Å². The molecule has 29 heavy (non-hydrogen) atoms. The molecule has 0 bridgehead atoms. The summed E-state index contributed by atoms with van der Waals surface area (Å²) in [6, 6.07) is 16.3. The Kier molecular flexibility index (Phi) is 6.52. The number of hydrogen-bond acceptors (Lipinski definition) is 5. The molecule has 0 aliphatic rings. The standard InChI is InChI=1S/C22H20FN3O3/c1-29-22(28)16-6-8-17(9-7-16)26-21(27)20-14-18(11-13-25-20)24-12-10-15-4-2-3-5-19(15)23/h2-9,11,13-14H,10,12H2,1H3,(H,24,25)(H,26,27). The lowest BCUT2D eigenvalue weighted by Crippen LogP contribution is -2.14. The number of hydrogen-bond donors (Lipinski definition) is 2. The number of esters is 1. The number of ether oxygens (including phenoxy) is 1. The van der Waals surface area contributed by atoms with Gasteiger partial charge in [-0.2, -0.15) is 0 Å². The highest BCUT2D eigenvalue weighted by Crippen LogP contribution is 2.14. The number of benzene rings is 2. The Hall–Kier alpha value is -3.74. The monoisotopic (exact) mass is 393 g/mol. The van der Waals surface area contributed by atoms with Gasteiger partial charge in [-0.05, 0) is 54.4 Å². The van der Waals surface area contributed by atoms with E-state index in [0.29, 0.717) is 35.5 Å². The first-order valence-electron chi connectivity index (χ1n) is 9.00. The number of nitrogens with zero attached hydrogens (tertiary/aromatic N) is 1. The van der Waals surface area contributed by atoms with E-state index in [9.17, 15) is 14.0 Å². The van der Waals surface area contributed by atoms with Crippen molar-refractivity contribution in [2.24, 2.45) is 0 Å². The fourth-order valence-electron chi connectivity index (χ4n) is 2.71. The predicted molar refractivity (Wildman–Crippen MR) is 109 cm³/mol. The van der Waals surface area contributed by atoms with Gasteiger partial charge in [0.15, 0.2) is 0 Å². The topological polar surface area (TPSA) is 80.3 Å². The number of carbonyl (C=O) groups is 2.